The van der Waals surface area contributed by atoms with E-state index in [2.05, 4.69) is 0 Å². The summed E-state index contributed by atoms with van der Waals surface area (Å²) in [6.07, 6.45) is 1.62. The molecule has 1 rings (SSSR count). The Kier molecular flexibility index (Phi) is 7.90. The number of benzene rings is 1. The van der Waals surface area contributed by atoms with Gasteiger partial charge in [-0.1, -0.05) is 37.3 Å². The van der Waals surface area contributed by atoms with Crippen LogP contribution in [0.2, 0.25) is 0 Å². The normalized spacial score (nSPS) is 13.5. The second-order valence-corrected chi connectivity index (χ2v) is 8.69. The van der Waals surface area contributed by atoms with Crippen molar-refractivity contribution in [3.8, 4) is 0 Å². The lowest BCUT2D eigenvalue weighted by atomic mass is 10.0. The van der Waals surface area contributed by atoms with Crippen LogP contribution in [0, 0.1) is 5.92 Å². The fourth-order valence-electron chi connectivity index (χ4n) is 2.21. The van der Waals surface area contributed by atoms with Gasteiger partial charge in [-0.2, -0.15) is 8.42 Å². The molecule has 0 saturated heterocycles. The van der Waals surface area contributed by atoms with E-state index in [1.165, 1.54) is 0 Å². The predicted octanol–water partition coefficient (Wildman–Crippen LogP) is 3.68. The van der Waals surface area contributed by atoms with Crippen molar-refractivity contribution in [3.63, 3.8) is 0 Å². The number of carbonyl (C=O) groups is 1. The molecule has 0 radical (unpaired) electrons. The summed E-state index contributed by atoms with van der Waals surface area (Å²) in [5.41, 5.74) is 0.224. The summed E-state index contributed by atoms with van der Waals surface area (Å²) >= 11 is 0. The molecule has 0 aliphatic heterocycles. The van der Waals surface area contributed by atoms with Gasteiger partial charge >= 0.3 is 5.97 Å². The average Bonchev–Trinajstić information content (AvgIpc) is 2.42. The number of esters is 1. The summed E-state index contributed by atoms with van der Waals surface area (Å²) < 4.78 is 34.1. The minimum absolute atomic E-state index is 0.124. The number of hydrogen-bond donors (Lipinski definition) is 0. The van der Waals surface area contributed by atoms with Crippen molar-refractivity contribution in [2.24, 2.45) is 5.92 Å². The molecule has 1 atom stereocenters. The first kappa shape index (κ1) is 20.6. The molecular weight excluding hydrogens is 328 g/mol. The molecule has 0 saturated carbocycles. The molecule has 0 heterocycles. The Morgan fingerprint density at radius 2 is 1.79 bits per heavy atom. The van der Waals surface area contributed by atoms with E-state index in [4.69, 9.17) is 8.92 Å². The van der Waals surface area contributed by atoms with Gasteiger partial charge < -0.3 is 4.74 Å². The van der Waals surface area contributed by atoms with Gasteiger partial charge in [-0.05, 0) is 45.1 Å². The van der Waals surface area contributed by atoms with Crippen LogP contribution in [0.1, 0.15) is 52.5 Å². The van der Waals surface area contributed by atoms with Crippen molar-refractivity contribution in [3.05, 3.63) is 35.9 Å². The van der Waals surface area contributed by atoms with E-state index in [9.17, 15) is 13.2 Å². The molecule has 0 aliphatic carbocycles. The Morgan fingerprint density at radius 3 is 2.38 bits per heavy atom. The van der Waals surface area contributed by atoms with E-state index in [0.717, 1.165) is 0 Å². The van der Waals surface area contributed by atoms with E-state index in [-0.39, 0.29) is 24.2 Å². The van der Waals surface area contributed by atoms with Gasteiger partial charge in [0.25, 0.3) is 10.1 Å². The summed E-state index contributed by atoms with van der Waals surface area (Å²) in [5.74, 6) is -0.228. The maximum Gasteiger partial charge on any atom is 0.306 e. The van der Waals surface area contributed by atoms with E-state index in [1.807, 2.05) is 33.8 Å². The van der Waals surface area contributed by atoms with Crippen LogP contribution in [0.25, 0.3) is 0 Å². The van der Waals surface area contributed by atoms with Gasteiger partial charge in [-0.3, -0.25) is 8.98 Å². The molecule has 0 fully saturated rings. The van der Waals surface area contributed by atoms with Gasteiger partial charge in [-0.15, -0.1) is 0 Å². The molecule has 0 spiro atoms. The van der Waals surface area contributed by atoms with Gasteiger partial charge in [0.15, 0.2) is 0 Å². The molecule has 1 unspecified atom stereocenters. The van der Waals surface area contributed by atoms with Gasteiger partial charge in [0.2, 0.25) is 0 Å². The predicted molar refractivity (Wildman–Crippen MR) is 93.9 cm³/mol. The molecule has 1 aromatic rings. The Hall–Kier alpha value is -1.40. The highest BCUT2D eigenvalue weighted by molar-refractivity contribution is 7.85. The molecule has 136 valence electrons. The summed E-state index contributed by atoms with van der Waals surface area (Å²) in [7, 11) is -3.57. The maximum absolute atomic E-state index is 11.9. The number of hydrogen-bond acceptors (Lipinski definition) is 5. The largest absolute Gasteiger partial charge is 0.460 e. The van der Waals surface area contributed by atoms with Crippen LogP contribution >= 0.6 is 0 Å². The van der Waals surface area contributed by atoms with Crippen molar-refractivity contribution in [2.45, 2.75) is 58.3 Å². The maximum atomic E-state index is 11.9. The highest BCUT2D eigenvalue weighted by Gasteiger charge is 2.18. The van der Waals surface area contributed by atoms with Gasteiger partial charge in [0, 0.05) is 6.42 Å². The fraction of sp³-hybridized carbons (Fsp3) is 0.611. The molecule has 0 amide bonds. The van der Waals surface area contributed by atoms with Crippen LogP contribution in [0.15, 0.2) is 30.3 Å². The Morgan fingerprint density at radius 1 is 1.17 bits per heavy atom. The molecule has 0 bridgehead atoms. The first-order valence-electron chi connectivity index (χ1n) is 8.20. The number of carbonyl (C=O) groups excluding carboxylic acids is 1. The van der Waals surface area contributed by atoms with Crippen molar-refractivity contribution in [2.75, 3.05) is 6.61 Å². The van der Waals surface area contributed by atoms with Gasteiger partial charge in [-0.25, -0.2) is 0 Å². The molecule has 6 heteroatoms. The van der Waals surface area contributed by atoms with E-state index in [1.54, 1.807) is 24.3 Å². The van der Waals surface area contributed by atoms with Crippen molar-refractivity contribution in [1.82, 2.24) is 0 Å². The second kappa shape index (κ2) is 9.18. The Balaban J connectivity index is 2.26. The van der Waals surface area contributed by atoms with Crippen LogP contribution in [-0.4, -0.2) is 26.6 Å². The summed E-state index contributed by atoms with van der Waals surface area (Å²) in [6.45, 7) is 7.58. The van der Waals surface area contributed by atoms with Crippen LogP contribution in [0.3, 0.4) is 0 Å². The molecule has 5 nitrogen and oxygen atoms in total. The number of rotatable bonds is 9. The SMILES string of the molecule is CC(CCCOS(=O)(=O)Cc1ccccc1)CC(=O)OC(C)(C)C. The molecule has 0 aromatic heterocycles. The van der Waals surface area contributed by atoms with Crippen molar-refractivity contribution in [1.29, 1.82) is 0 Å². The third-order valence-corrected chi connectivity index (χ3v) is 4.44. The topological polar surface area (TPSA) is 69.7 Å². The van der Waals surface area contributed by atoms with Crippen molar-refractivity contribution < 1.29 is 22.1 Å². The van der Waals surface area contributed by atoms with Gasteiger partial charge in [0.05, 0.1) is 6.61 Å². The first-order valence-corrected chi connectivity index (χ1v) is 9.78. The summed E-state index contributed by atoms with van der Waals surface area (Å²) in [5, 5.41) is 0. The lowest BCUT2D eigenvalue weighted by Gasteiger charge is -2.20. The van der Waals surface area contributed by atoms with Crippen LogP contribution < -0.4 is 0 Å². The van der Waals surface area contributed by atoms with Gasteiger partial charge in [0.1, 0.15) is 11.4 Å². The van der Waals surface area contributed by atoms with E-state index < -0.39 is 15.7 Å². The van der Waals surface area contributed by atoms with E-state index in [0.29, 0.717) is 24.8 Å². The molecule has 1 aromatic carbocycles. The molecular formula is C18H28O5S. The lowest BCUT2D eigenvalue weighted by Crippen LogP contribution is -2.24. The smallest absolute Gasteiger partial charge is 0.306 e. The quantitative estimate of drug-likeness (QED) is 0.383. The third-order valence-electron chi connectivity index (χ3n) is 3.23. The molecule has 0 aliphatic rings. The standard InChI is InChI=1S/C18H28O5S/c1-15(13-17(19)23-18(2,3)4)9-8-12-22-24(20,21)14-16-10-6-5-7-11-16/h5-7,10-11,15H,8-9,12-14H2,1-4H3. The highest BCUT2D eigenvalue weighted by atomic mass is 32.2. The second-order valence-electron chi connectivity index (χ2n) is 7.05. The Labute approximate surface area is 145 Å². The zero-order valence-electron chi connectivity index (χ0n) is 14.9. The third kappa shape index (κ3) is 9.67. The summed E-state index contributed by atoms with van der Waals surface area (Å²) in [6, 6.07) is 8.93. The molecule has 24 heavy (non-hydrogen) atoms. The monoisotopic (exact) mass is 356 g/mol. The zero-order valence-corrected chi connectivity index (χ0v) is 15.8. The van der Waals surface area contributed by atoms with Crippen LogP contribution in [0.4, 0.5) is 0 Å². The zero-order chi connectivity index (χ0) is 18.2. The minimum atomic E-state index is -3.57. The minimum Gasteiger partial charge on any atom is -0.460 e. The average molecular weight is 356 g/mol. The molecule has 0 N–H and O–H groups in total. The van der Waals surface area contributed by atoms with Crippen LogP contribution in [-0.2, 0) is 29.6 Å². The van der Waals surface area contributed by atoms with Crippen LogP contribution in [0.5, 0.6) is 0 Å². The fourth-order valence-corrected chi connectivity index (χ4v) is 3.26. The lowest BCUT2D eigenvalue weighted by molar-refractivity contribution is -0.155. The Bertz CT molecular complexity index is 602. The summed E-state index contributed by atoms with van der Waals surface area (Å²) in [4.78, 5) is 11.7. The highest BCUT2D eigenvalue weighted by Crippen LogP contribution is 2.16. The van der Waals surface area contributed by atoms with Crippen molar-refractivity contribution >= 4 is 16.1 Å². The first-order chi connectivity index (χ1) is 11.1. The van der Waals surface area contributed by atoms with E-state index >= 15 is 0 Å². The number of ether oxygens (including phenoxy) is 1.